The monoisotopic (exact) mass is 356 g/mol. The van der Waals surface area contributed by atoms with E-state index in [0.29, 0.717) is 17.1 Å². The lowest BCUT2D eigenvalue weighted by atomic mass is 9.72. The van der Waals surface area contributed by atoms with E-state index in [9.17, 15) is 20.1 Å². The van der Waals surface area contributed by atoms with Crippen molar-refractivity contribution in [3.63, 3.8) is 0 Å². The molecule has 1 aliphatic rings. The second kappa shape index (κ2) is 7.09. The van der Waals surface area contributed by atoms with Gasteiger partial charge in [-0.05, 0) is 52.6 Å². The molecule has 2 aromatic carbocycles. The van der Waals surface area contributed by atoms with E-state index in [1.807, 2.05) is 0 Å². The summed E-state index contributed by atoms with van der Waals surface area (Å²) in [7, 11) is 2.90. The Morgan fingerprint density at radius 1 is 1.04 bits per heavy atom. The van der Waals surface area contributed by atoms with Crippen molar-refractivity contribution in [3.05, 3.63) is 52.6 Å². The Morgan fingerprint density at radius 2 is 1.73 bits per heavy atom. The molecule has 0 spiro atoms. The van der Waals surface area contributed by atoms with Gasteiger partial charge >= 0.3 is 0 Å². The molecule has 0 bridgehead atoms. The third kappa shape index (κ3) is 2.88. The van der Waals surface area contributed by atoms with Crippen molar-refractivity contribution in [2.75, 3.05) is 20.8 Å². The number of phenols is 2. The summed E-state index contributed by atoms with van der Waals surface area (Å²) in [5, 5.41) is 30.0. The first-order chi connectivity index (χ1) is 12.5. The van der Waals surface area contributed by atoms with Gasteiger partial charge in [-0.1, -0.05) is 6.07 Å². The van der Waals surface area contributed by atoms with E-state index in [1.54, 1.807) is 30.3 Å². The quantitative estimate of drug-likeness (QED) is 0.712. The molecule has 0 radical (unpaired) electrons. The van der Waals surface area contributed by atoms with Crippen LogP contribution < -0.4 is 9.47 Å². The molecular formula is C20H20O6. The summed E-state index contributed by atoms with van der Waals surface area (Å²) in [4.78, 5) is 11.6. The number of aliphatic hydroxyl groups excluding tert-OH is 1. The Labute approximate surface area is 150 Å². The van der Waals surface area contributed by atoms with Crippen molar-refractivity contribution in [1.29, 1.82) is 0 Å². The lowest BCUT2D eigenvalue weighted by molar-refractivity contribution is -0.105. The highest BCUT2D eigenvalue weighted by Gasteiger charge is 2.34. The molecule has 0 saturated heterocycles. The zero-order chi connectivity index (χ0) is 18.8. The first-order valence-electron chi connectivity index (χ1n) is 8.09. The zero-order valence-electron chi connectivity index (χ0n) is 14.5. The second-order valence-corrected chi connectivity index (χ2v) is 6.11. The van der Waals surface area contributed by atoms with Gasteiger partial charge in [0.1, 0.15) is 6.29 Å². The minimum absolute atomic E-state index is 0.00318. The van der Waals surface area contributed by atoms with Gasteiger partial charge in [0.2, 0.25) is 0 Å². The van der Waals surface area contributed by atoms with Crippen LogP contribution in [-0.4, -0.2) is 42.4 Å². The Kier molecular flexibility index (Phi) is 4.86. The molecule has 2 aromatic rings. The van der Waals surface area contributed by atoms with Gasteiger partial charge in [0, 0.05) is 11.8 Å². The maximum Gasteiger partial charge on any atom is 0.161 e. The van der Waals surface area contributed by atoms with Crippen molar-refractivity contribution in [2.45, 2.75) is 5.92 Å². The van der Waals surface area contributed by atoms with Gasteiger partial charge in [-0.3, -0.25) is 4.79 Å². The van der Waals surface area contributed by atoms with Crippen LogP contribution >= 0.6 is 0 Å². The highest BCUT2D eigenvalue weighted by molar-refractivity contribution is 5.86. The molecule has 0 amide bonds. The average Bonchev–Trinajstić information content (AvgIpc) is 2.66. The number of hydrogen-bond donors (Lipinski definition) is 3. The molecule has 3 rings (SSSR count). The van der Waals surface area contributed by atoms with Crippen LogP contribution in [0.2, 0.25) is 0 Å². The number of methoxy groups -OCH3 is 2. The molecule has 6 nitrogen and oxygen atoms in total. The van der Waals surface area contributed by atoms with Gasteiger partial charge in [0.25, 0.3) is 0 Å². The number of rotatable bonds is 5. The molecule has 0 unspecified atom stereocenters. The van der Waals surface area contributed by atoms with Crippen LogP contribution in [0.5, 0.6) is 23.0 Å². The Bertz CT molecular complexity index is 871. The predicted molar refractivity (Wildman–Crippen MR) is 95.8 cm³/mol. The van der Waals surface area contributed by atoms with Crippen LogP contribution in [0.15, 0.2) is 35.9 Å². The molecule has 1 aliphatic carbocycles. The summed E-state index contributed by atoms with van der Waals surface area (Å²) < 4.78 is 10.3. The van der Waals surface area contributed by atoms with Gasteiger partial charge in [-0.25, -0.2) is 0 Å². The molecule has 0 saturated carbocycles. The lowest BCUT2D eigenvalue weighted by Gasteiger charge is -2.32. The first kappa shape index (κ1) is 17.8. The Morgan fingerprint density at radius 3 is 2.35 bits per heavy atom. The fourth-order valence-corrected chi connectivity index (χ4v) is 3.49. The largest absolute Gasteiger partial charge is 0.504 e. The number of carbonyl (C=O) groups excluding carboxylic acids is 1. The van der Waals surface area contributed by atoms with Gasteiger partial charge in [0.05, 0.1) is 20.8 Å². The van der Waals surface area contributed by atoms with Crippen molar-refractivity contribution >= 4 is 12.4 Å². The number of aromatic hydroxyl groups is 2. The van der Waals surface area contributed by atoms with Crippen LogP contribution in [0.3, 0.4) is 0 Å². The lowest BCUT2D eigenvalue weighted by Crippen LogP contribution is -2.25. The number of benzene rings is 2. The number of phenolic OH excluding ortho intramolecular Hbond substituents is 2. The van der Waals surface area contributed by atoms with E-state index >= 15 is 0 Å². The highest BCUT2D eigenvalue weighted by Crippen LogP contribution is 2.46. The van der Waals surface area contributed by atoms with Crippen molar-refractivity contribution in [3.8, 4) is 23.0 Å². The Balaban J connectivity index is 2.24. The topological polar surface area (TPSA) is 96.2 Å². The molecule has 0 heterocycles. The Hall–Kier alpha value is -2.99. The highest BCUT2D eigenvalue weighted by atomic mass is 16.5. The summed E-state index contributed by atoms with van der Waals surface area (Å²) >= 11 is 0. The number of aldehydes is 1. The fourth-order valence-electron chi connectivity index (χ4n) is 3.49. The fraction of sp³-hybridized carbons (Fsp3) is 0.250. The van der Waals surface area contributed by atoms with E-state index in [-0.39, 0.29) is 18.1 Å². The van der Waals surface area contributed by atoms with Crippen molar-refractivity contribution < 1.29 is 29.6 Å². The number of fused-ring (bicyclic) bond motifs is 1. The summed E-state index contributed by atoms with van der Waals surface area (Å²) in [6.45, 7) is -0.245. The molecule has 6 heteroatoms. The van der Waals surface area contributed by atoms with Crippen molar-refractivity contribution in [2.24, 2.45) is 5.92 Å². The summed E-state index contributed by atoms with van der Waals surface area (Å²) in [6.07, 6.45) is 2.42. The molecule has 0 fully saturated rings. The van der Waals surface area contributed by atoms with E-state index in [0.717, 1.165) is 23.0 Å². The number of aliphatic hydroxyl groups is 1. The van der Waals surface area contributed by atoms with Crippen LogP contribution in [0.1, 0.15) is 22.6 Å². The van der Waals surface area contributed by atoms with Gasteiger partial charge in [0.15, 0.2) is 23.0 Å². The summed E-state index contributed by atoms with van der Waals surface area (Å²) in [5.41, 5.74) is 2.67. The number of hydrogen-bond acceptors (Lipinski definition) is 6. The third-order valence-electron chi connectivity index (χ3n) is 4.77. The van der Waals surface area contributed by atoms with Crippen LogP contribution in [-0.2, 0) is 4.79 Å². The van der Waals surface area contributed by atoms with E-state index < -0.39 is 11.8 Å². The SMILES string of the molecule is COc1cc([C@H]2c3cc(O)c(OC)cc3C=C(C=O)[C@H]2CO)ccc1O. The number of carbonyl (C=O) groups is 1. The third-order valence-corrected chi connectivity index (χ3v) is 4.77. The molecule has 0 aromatic heterocycles. The summed E-state index contributed by atoms with van der Waals surface area (Å²) in [5.74, 6) is -0.317. The van der Waals surface area contributed by atoms with E-state index in [1.165, 1.54) is 20.3 Å². The normalized spacial score (nSPS) is 18.7. The molecule has 2 atom stereocenters. The van der Waals surface area contributed by atoms with Gasteiger partial charge in [-0.15, -0.1) is 0 Å². The molecular weight excluding hydrogens is 336 g/mol. The summed E-state index contributed by atoms with van der Waals surface area (Å²) in [6, 6.07) is 8.13. The van der Waals surface area contributed by atoms with Crippen molar-refractivity contribution in [1.82, 2.24) is 0 Å². The van der Waals surface area contributed by atoms with Gasteiger partial charge in [-0.2, -0.15) is 0 Å². The maximum absolute atomic E-state index is 11.6. The minimum atomic E-state index is -0.484. The molecule has 136 valence electrons. The minimum Gasteiger partial charge on any atom is -0.504 e. The molecule has 0 aliphatic heterocycles. The van der Waals surface area contributed by atoms with Gasteiger partial charge < -0.3 is 24.8 Å². The first-order valence-corrected chi connectivity index (χ1v) is 8.09. The average molecular weight is 356 g/mol. The van der Waals surface area contributed by atoms with Crippen LogP contribution in [0.25, 0.3) is 6.08 Å². The molecule has 26 heavy (non-hydrogen) atoms. The van der Waals surface area contributed by atoms with Crippen LogP contribution in [0, 0.1) is 5.92 Å². The maximum atomic E-state index is 11.6. The van der Waals surface area contributed by atoms with E-state index in [2.05, 4.69) is 0 Å². The van der Waals surface area contributed by atoms with Crippen LogP contribution in [0.4, 0.5) is 0 Å². The second-order valence-electron chi connectivity index (χ2n) is 6.11. The number of ether oxygens (including phenoxy) is 2. The predicted octanol–water partition coefficient (Wildman–Crippen LogP) is 2.45. The zero-order valence-corrected chi connectivity index (χ0v) is 14.5. The standard InChI is InChI=1S/C20H20O6/c1-25-18-6-11(3-4-16(18)23)20-14-8-17(24)19(26-2)7-12(14)5-13(9-21)15(20)10-22/h3-9,15,20,22-24H,10H2,1-2H3/t15-,20+/m1/s1. The smallest absolute Gasteiger partial charge is 0.161 e. The molecule has 3 N–H and O–H groups in total. The van der Waals surface area contributed by atoms with E-state index in [4.69, 9.17) is 9.47 Å².